The molecule has 0 saturated carbocycles. The molecule has 16 nitrogen and oxygen atoms in total. The molecule has 2 saturated heterocycles. The summed E-state index contributed by atoms with van der Waals surface area (Å²) in [5, 5.41) is 4.76. The average Bonchev–Trinajstić information content (AvgIpc) is 4.19. The molecule has 0 atom stereocenters. The van der Waals surface area contributed by atoms with E-state index in [-0.39, 0.29) is 29.4 Å². The summed E-state index contributed by atoms with van der Waals surface area (Å²) in [4.78, 5) is 19.0. The van der Waals surface area contributed by atoms with E-state index in [2.05, 4.69) is 24.4 Å². The first-order chi connectivity index (χ1) is 33.4. The number of hydrogen-bond donors (Lipinski definition) is 1. The number of imidazole rings is 2. The molecule has 4 aromatic heterocycles. The molecule has 69 heavy (non-hydrogen) atoms. The highest BCUT2D eigenvalue weighted by Crippen LogP contribution is 2.40. The van der Waals surface area contributed by atoms with Crippen molar-refractivity contribution in [2.45, 2.75) is 47.6 Å². The van der Waals surface area contributed by atoms with E-state index in [0.717, 1.165) is 76.1 Å². The minimum absolute atomic E-state index is 0.0124. The summed E-state index contributed by atoms with van der Waals surface area (Å²) in [7, 11) is -2.20. The van der Waals surface area contributed by atoms with Gasteiger partial charge < -0.3 is 33.4 Å². The Balaban J connectivity index is 0.000000134. The maximum absolute atomic E-state index is 13.3. The molecule has 21 heteroatoms. The van der Waals surface area contributed by atoms with Crippen molar-refractivity contribution in [1.82, 2.24) is 38.7 Å². The average molecular weight is 1030 g/mol. The van der Waals surface area contributed by atoms with Crippen LogP contribution in [0.1, 0.15) is 37.8 Å². The third kappa shape index (κ3) is 9.66. The second kappa shape index (κ2) is 19.8. The van der Waals surface area contributed by atoms with Crippen LogP contribution in [0.2, 0.25) is 10.0 Å². The van der Waals surface area contributed by atoms with Gasteiger partial charge in [-0.05, 0) is 112 Å². The Morgan fingerprint density at radius 2 is 1.01 bits per heavy atom. The highest BCUT2D eigenvalue weighted by Gasteiger charge is 2.33. The van der Waals surface area contributed by atoms with Gasteiger partial charge in [0.15, 0.2) is 34.3 Å². The van der Waals surface area contributed by atoms with Crippen molar-refractivity contribution in [3.63, 3.8) is 0 Å². The first-order valence-corrected chi connectivity index (χ1v) is 26.5. The fourth-order valence-electron chi connectivity index (χ4n) is 8.84. The number of hydrogen-bond acceptors (Lipinski definition) is 13. The maximum atomic E-state index is 13.3. The van der Waals surface area contributed by atoms with Crippen LogP contribution < -0.4 is 24.3 Å². The van der Waals surface area contributed by atoms with E-state index in [4.69, 9.17) is 62.8 Å². The fourth-order valence-corrected chi connectivity index (χ4v) is 11.5. The van der Waals surface area contributed by atoms with E-state index >= 15 is 0 Å². The zero-order valence-electron chi connectivity index (χ0n) is 36.6. The summed E-state index contributed by atoms with van der Waals surface area (Å²) in [5.74, 6) is 3.62. The van der Waals surface area contributed by atoms with E-state index < -0.39 is 19.1 Å². The molecule has 0 unspecified atom stereocenters. The van der Waals surface area contributed by atoms with Gasteiger partial charge in [0.25, 0.3) is 9.05 Å². The molecule has 8 heterocycles. The molecule has 1 N–H and O–H groups in total. The number of halogens is 3. The van der Waals surface area contributed by atoms with Crippen molar-refractivity contribution in [2.75, 3.05) is 39.8 Å². The number of nitrogens with one attached hydrogen (secondary N) is 1. The number of ether oxygens (including phenoxy) is 4. The van der Waals surface area contributed by atoms with Crippen molar-refractivity contribution >= 4 is 75.3 Å². The SMILES string of the molecule is Clc1ccccc1-c1nc2cccnc2n1C1CCNCC1.O=S(=O)(Cl)c1ccc2c(c1)OCO2.O=S(=O)(c1ccc2c(c1)OCO2)N1CCC(n2c(-c3ccccc3Cl)nc3cccnc32)CC1. The van der Waals surface area contributed by atoms with Crippen LogP contribution >= 0.6 is 33.9 Å². The van der Waals surface area contributed by atoms with E-state index in [9.17, 15) is 16.8 Å². The second-order valence-corrected chi connectivity index (χ2v) is 21.7. The summed E-state index contributed by atoms with van der Waals surface area (Å²) >= 11 is 12.9. The van der Waals surface area contributed by atoms with Crippen molar-refractivity contribution < 1.29 is 35.8 Å². The van der Waals surface area contributed by atoms with Gasteiger partial charge in [0.05, 0.1) is 19.8 Å². The molecule has 0 bridgehead atoms. The lowest BCUT2D eigenvalue weighted by molar-refractivity contribution is 0.173. The van der Waals surface area contributed by atoms with Gasteiger partial charge in [-0.25, -0.2) is 36.8 Å². The summed E-state index contributed by atoms with van der Waals surface area (Å²) in [6.07, 6.45) is 7.00. The Kier molecular flexibility index (Phi) is 13.4. The monoisotopic (exact) mass is 1030 g/mol. The normalized spacial score (nSPS) is 16.2. The number of benzene rings is 4. The minimum atomic E-state index is -3.69. The number of nitrogens with zero attached hydrogens (tertiary/aromatic N) is 7. The third-order valence-corrected chi connectivity index (χ3v) is 16.1. The standard InChI is InChI=1S/C24H21ClN4O4S.C17H17ClN4.C7H5ClO4S/c25-19-5-2-1-4-18(19)23-27-20-6-3-11-26-24(20)29(23)16-9-12-28(13-10-16)34(30,31)17-7-8-21-22(14-17)33-15-32-21;18-14-5-2-1-4-13(14)16-21-15-6-3-9-20-17(15)22(16)12-7-10-19-11-8-12;8-13(9,10)5-1-2-6-7(3-5)12-4-11-6/h1-8,11,14,16H,9-10,12-13,15H2;1-6,9,12,19H,7-8,10-11H2;1-3H,4H2. The fraction of sp³-hybridized carbons (Fsp3) is 0.250. The van der Waals surface area contributed by atoms with Gasteiger partial charge in [0.2, 0.25) is 23.6 Å². The van der Waals surface area contributed by atoms with E-state index in [1.807, 2.05) is 79.0 Å². The van der Waals surface area contributed by atoms with Crippen molar-refractivity contribution in [3.8, 4) is 45.8 Å². The molecule has 4 aliphatic rings. The van der Waals surface area contributed by atoms with Gasteiger partial charge in [-0.15, -0.1) is 0 Å². The number of fused-ring (bicyclic) bond motifs is 4. The lowest BCUT2D eigenvalue weighted by atomic mass is 10.1. The van der Waals surface area contributed by atoms with Gasteiger partial charge in [0, 0.05) is 71.5 Å². The molecule has 0 aliphatic carbocycles. The van der Waals surface area contributed by atoms with Crippen molar-refractivity contribution in [2.24, 2.45) is 0 Å². The first-order valence-electron chi connectivity index (χ1n) is 22.0. The molecule has 2 fully saturated rings. The second-order valence-electron chi connectivity index (χ2n) is 16.3. The highest BCUT2D eigenvalue weighted by atomic mass is 35.7. The smallest absolute Gasteiger partial charge is 0.261 e. The highest BCUT2D eigenvalue weighted by molar-refractivity contribution is 8.13. The summed E-state index contributed by atoms with van der Waals surface area (Å²) in [6, 6.07) is 32.6. The summed E-state index contributed by atoms with van der Waals surface area (Å²) < 4.78 is 75.0. The maximum Gasteiger partial charge on any atom is 0.261 e. The van der Waals surface area contributed by atoms with Gasteiger partial charge in [-0.2, -0.15) is 4.31 Å². The van der Waals surface area contributed by atoms with Crippen LogP contribution in [0.3, 0.4) is 0 Å². The topological polar surface area (TPSA) is 182 Å². The number of aromatic nitrogens is 6. The third-order valence-electron chi connectivity index (χ3n) is 12.2. The molecule has 356 valence electrons. The Hall–Kier alpha value is -5.99. The zero-order valence-corrected chi connectivity index (χ0v) is 40.5. The van der Waals surface area contributed by atoms with Crippen LogP contribution in [-0.4, -0.2) is 90.0 Å². The Bertz CT molecular complexity index is 3420. The Morgan fingerprint density at radius 1 is 0.551 bits per heavy atom. The minimum Gasteiger partial charge on any atom is -0.454 e. The lowest BCUT2D eigenvalue weighted by Crippen LogP contribution is -2.39. The number of sulfonamides is 1. The van der Waals surface area contributed by atoms with Crippen molar-refractivity contribution in [3.05, 3.63) is 132 Å². The van der Waals surface area contributed by atoms with Crippen LogP contribution in [0.4, 0.5) is 0 Å². The lowest BCUT2D eigenvalue weighted by Gasteiger charge is -2.32. The van der Waals surface area contributed by atoms with Gasteiger partial charge >= 0.3 is 0 Å². The van der Waals surface area contributed by atoms with Crippen LogP contribution in [0.5, 0.6) is 23.0 Å². The van der Waals surface area contributed by atoms with Crippen LogP contribution in [0.15, 0.2) is 131 Å². The molecule has 0 spiro atoms. The summed E-state index contributed by atoms with van der Waals surface area (Å²) in [6.45, 7) is 3.04. The van der Waals surface area contributed by atoms with Gasteiger partial charge in [-0.1, -0.05) is 47.5 Å². The molecular weight excluding hydrogens is 987 g/mol. The van der Waals surface area contributed by atoms with E-state index in [1.165, 1.54) is 28.6 Å². The predicted molar refractivity (Wildman–Crippen MR) is 262 cm³/mol. The number of piperidine rings is 2. The van der Waals surface area contributed by atoms with Crippen molar-refractivity contribution in [1.29, 1.82) is 0 Å². The molecule has 0 amide bonds. The molecule has 8 aromatic rings. The predicted octanol–water partition coefficient (Wildman–Crippen LogP) is 9.53. The molecule has 12 rings (SSSR count). The van der Waals surface area contributed by atoms with E-state index in [0.29, 0.717) is 60.0 Å². The van der Waals surface area contributed by atoms with Gasteiger partial charge in [-0.3, -0.25) is 0 Å². The Morgan fingerprint density at radius 3 is 1.52 bits per heavy atom. The van der Waals surface area contributed by atoms with Crippen LogP contribution in [0.25, 0.3) is 45.1 Å². The molecule has 4 aromatic carbocycles. The quantitative estimate of drug-likeness (QED) is 0.149. The van der Waals surface area contributed by atoms with Crippen LogP contribution in [-0.2, 0) is 19.1 Å². The van der Waals surface area contributed by atoms with E-state index in [1.54, 1.807) is 18.3 Å². The van der Waals surface area contributed by atoms with Gasteiger partial charge in [0.1, 0.15) is 22.7 Å². The first kappa shape index (κ1) is 46.7. The molecule has 0 radical (unpaired) electrons. The Labute approximate surface area is 412 Å². The number of rotatable bonds is 7. The molecule has 4 aliphatic heterocycles. The summed E-state index contributed by atoms with van der Waals surface area (Å²) in [5.41, 5.74) is 5.24. The van der Waals surface area contributed by atoms with Crippen LogP contribution in [0, 0.1) is 0 Å². The molecular formula is C48H43Cl3N8O8S2. The number of pyridine rings is 2. The zero-order chi connectivity index (χ0) is 47.7. The largest absolute Gasteiger partial charge is 0.454 e.